The van der Waals surface area contributed by atoms with E-state index in [-0.39, 0.29) is 18.0 Å². The van der Waals surface area contributed by atoms with Crippen LogP contribution in [-0.2, 0) is 17.4 Å². The van der Waals surface area contributed by atoms with E-state index in [4.69, 9.17) is 9.47 Å². The largest absolute Gasteiger partial charge is 0.493 e. The molecule has 9 heteroatoms. The predicted molar refractivity (Wildman–Crippen MR) is 110 cm³/mol. The van der Waals surface area contributed by atoms with E-state index in [1.165, 1.54) is 25.0 Å². The standard InChI is InChI=1S/C22H22F3N3O3/c1-13-18(12-21(29)26-16-8-9-19(30-3)20(11-16)31-4)14(2)28(27-13)17-7-5-6-15(10-17)22(23,24)25/h5-11H,12H2,1-4H3,(H,26,29). The molecule has 1 heterocycles. The van der Waals surface area contributed by atoms with Crippen LogP contribution < -0.4 is 14.8 Å². The van der Waals surface area contributed by atoms with Crippen molar-refractivity contribution in [3.63, 3.8) is 0 Å². The maximum atomic E-state index is 13.1. The Bertz CT molecular complexity index is 1110. The lowest BCUT2D eigenvalue weighted by atomic mass is 10.1. The van der Waals surface area contributed by atoms with E-state index in [1.54, 1.807) is 38.1 Å². The molecule has 0 radical (unpaired) electrons. The maximum Gasteiger partial charge on any atom is 0.416 e. The van der Waals surface area contributed by atoms with Crippen molar-refractivity contribution in [2.75, 3.05) is 19.5 Å². The SMILES string of the molecule is COc1ccc(NC(=O)Cc2c(C)nn(-c3cccc(C(F)(F)F)c3)c2C)cc1OC. The fourth-order valence-corrected chi connectivity index (χ4v) is 3.28. The smallest absolute Gasteiger partial charge is 0.416 e. The van der Waals surface area contributed by atoms with E-state index >= 15 is 0 Å². The summed E-state index contributed by atoms with van der Waals surface area (Å²) in [6.45, 7) is 3.44. The number of aromatic nitrogens is 2. The number of hydrogen-bond donors (Lipinski definition) is 1. The number of benzene rings is 2. The zero-order valence-corrected chi connectivity index (χ0v) is 17.5. The molecule has 0 saturated carbocycles. The van der Waals surface area contributed by atoms with E-state index in [0.29, 0.717) is 34.1 Å². The highest BCUT2D eigenvalue weighted by Gasteiger charge is 2.30. The molecule has 0 saturated heterocycles. The van der Waals surface area contributed by atoms with Crippen LogP contribution in [0.3, 0.4) is 0 Å². The van der Waals surface area contributed by atoms with Crippen molar-refractivity contribution in [2.45, 2.75) is 26.4 Å². The van der Waals surface area contributed by atoms with Crippen LogP contribution >= 0.6 is 0 Å². The van der Waals surface area contributed by atoms with Gasteiger partial charge >= 0.3 is 6.18 Å². The van der Waals surface area contributed by atoms with Crippen LogP contribution in [0.25, 0.3) is 5.69 Å². The molecule has 3 aromatic rings. The van der Waals surface area contributed by atoms with Crippen molar-refractivity contribution >= 4 is 11.6 Å². The number of nitrogens with zero attached hydrogens (tertiary/aromatic N) is 2. The number of nitrogens with one attached hydrogen (secondary N) is 1. The molecule has 31 heavy (non-hydrogen) atoms. The zero-order valence-electron chi connectivity index (χ0n) is 17.5. The monoisotopic (exact) mass is 433 g/mol. The summed E-state index contributed by atoms with van der Waals surface area (Å²) < 4.78 is 51.0. The first-order valence-electron chi connectivity index (χ1n) is 9.38. The number of ether oxygens (including phenoxy) is 2. The molecule has 0 fully saturated rings. The van der Waals surface area contributed by atoms with Crippen LogP contribution in [0.5, 0.6) is 11.5 Å². The summed E-state index contributed by atoms with van der Waals surface area (Å²) in [5, 5.41) is 7.14. The molecule has 3 rings (SSSR count). The minimum absolute atomic E-state index is 0.0188. The van der Waals surface area contributed by atoms with Crippen LogP contribution in [0.2, 0.25) is 0 Å². The Hall–Kier alpha value is -3.49. The summed E-state index contributed by atoms with van der Waals surface area (Å²) >= 11 is 0. The topological polar surface area (TPSA) is 65.4 Å². The van der Waals surface area contributed by atoms with Crippen molar-refractivity contribution in [3.8, 4) is 17.2 Å². The van der Waals surface area contributed by atoms with E-state index < -0.39 is 11.7 Å². The molecule has 0 unspecified atom stereocenters. The molecule has 1 aromatic heterocycles. The van der Waals surface area contributed by atoms with Gasteiger partial charge in [-0.3, -0.25) is 4.79 Å². The third-order valence-corrected chi connectivity index (χ3v) is 4.86. The quantitative estimate of drug-likeness (QED) is 0.612. The Morgan fingerprint density at radius 3 is 2.42 bits per heavy atom. The van der Waals surface area contributed by atoms with Gasteiger partial charge in [0, 0.05) is 23.0 Å². The van der Waals surface area contributed by atoms with Gasteiger partial charge in [0.1, 0.15) is 0 Å². The molecular formula is C22H22F3N3O3. The van der Waals surface area contributed by atoms with Crippen molar-refractivity contribution in [1.29, 1.82) is 0 Å². The van der Waals surface area contributed by atoms with Gasteiger partial charge in [-0.1, -0.05) is 6.07 Å². The van der Waals surface area contributed by atoms with Crippen molar-refractivity contribution in [3.05, 3.63) is 65.0 Å². The molecule has 0 spiro atoms. The molecule has 0 bridgehead atoms. The summed E-state index contributed by atoms with van der Waals surface area (Å²) in [6, 6.07) is 9.92. The number of aryl methyl sites for hydroxylation is 1. The van der Waals surface area contributed by atoms with Gasteiger partial charge in [-0.15, -0.1) is 0 Å². The van der Waals surface area contributed by atoms with Crippen LogP contribution in [0, 0.1) is 13.8 Å². The number of alkyl halides is 3. The Morgan fingerprint density at radius 1 is 1.06 bits per heavy atom. The molecule has 0 aliphatic heterocycles. The van der Waals surface area contributed by atoms with Gasteiger partial charge in [0.25, 0.3) is 0 Å². The number of rotatable bonds is 6. The average molecular weight is 433 g/mol. The third-order valence-electron chi connectivity index (χ3n) is 4.86. The highest BCUT2D eigenvalue weighted by Crippen LogP contribution is 2.31. The lowest BCUT2D eigenvalue weighted by Crippen LogP contribution is -2.15. The second-order valence-electron chi connectivity index (χ2n) is 6.90. The Morgan fingerprint density at radius 2 is 1.77 bits per heavy atom. The summed E-state index contributed by atoms with van der Waals surface area (Å²) in [7, 11) is 3.02. The highest BCUT2D eigenvalue weighted by atomic mass is 19.4. The van der Waals surface area contributed by atoms with Crippen LogP contribution in [0.15, 0.2) is 42.5 Å². The molecule has 0 aliphatic rings. The van der Waals surface area contributed by atoms with Gasteiger partial charge in [0.2, 0.25) is 5.91 Å². The molecule has 1 N–H and O–H groups in total. The summed E-state index contributed by atoms with van der Waals surface area (Å²) in [5.74, 6) is 0.724. The van der Waals surface area contributed by atoms with Gasteiger partial charge in [-0.05, 0) is 44.2 Å². The van der Waals surface area contributed by atoms with E-state index in [9.17, 15) is 18.0 Å². The second-order valence-corrected chi connectivity index (χ2v) is 6.90. The van der Waals surface area contributed by atoms with Gasteiger partial charge in [0.15, 0.2) is 11.5 Å². The van der Waals surface area contributed by atoms with Crippen molar-refractivity contribution in [2.24, 2.45) is 0 Å². The fraction of sp³-hybridized carbons (Fsp3) is 0.273. The molecule has 164 valence electrons. The van der Waals surface area contributed by atoms with Crippen LogP contribution in [-0.4, -0.2) is 29.9 Å². The molecule has 2 aromatic carbocycles. The van der Waals surface area contributed by atoms with Crippen LogP contribution in [0.1, 0.15) is 22.5 Å². The van der Waals surface area contributed by atoms with Gasteiger partial charge in [0.05, 0.1) is 37.6 Å². The normalized spacial score (nSPS) is 11.3. The molecule has 1 amide bonds. The second kappa shape index (κ2) is 8.71. The van der Waals surface area contributed by atoms with E-state index in [1.807, 2.05) is 0 Å². The van der Waals surface area contributed by atoms with Crippen molar-refractivity contribution in [1.82, 2.24) is 9.78 Å². The number of amides is 1. The Kier molecular flexibility index (Phi) is 6.24. The van der Waals surface area contributed by atoms with Gasteiger partial charge in [-0.25, -0.2) is 4.68 Å². The Labute approximate surface area is 177 Å². The Balaban J connectivity index is 1.82. The fourth-order valence-electron chi connectivity index (χ4n) is 3.28. The first-order chi connectivity index (χ1) is 14.6. The maximum absolute atomic E-state index is 13.1. The summed E-state index contributed by atoms with van der Waals surface area (Å²) in [6.07, 6.45) is -4.43. The highest BCUT2D eigenvalue weighted by molar-refractivity contribution is 5.92. The van der Waals surface area contributed by atoms with Gasteiger partial charge in [-0.2, -0.15) is 18.3 Å². The van der Waals surface area contributed by atoms with E-state index in [2.05, 4.69) is 10.4 Å². The first-order valence-corrected chi connectivity index (χ1v) is 9.38. The third kappa shape index (κ3) is 4.82. The van der Waals surface area contributed by atoms with Gasteiger partial charge < -0.3 is 14.8 Å². The minimum atomic E-state index is -4.45. The number of methoxy groups -OCH3 is 2. The molecule has 0 atom stereocenters. The zero-order chi connectivity index (χ0) is 22.8. The number of halogens is 3. The molecule has 0 aliphatic carbocycles. The number of hydrogen-bond acceptors (Lipinski definition) is 4. The summed E-state index contributed by atoms with van der Waals surface area (Å²) in [4.78, 5) is 12.6. The lowest BCUT2D eigenvalue weighted by Gasteiger charge is -2.11. The van der Waals surface area contributed by atoms with Crippen molar-refractivity contribution < 1.29 is 27.4 Å². The first kappa shape index (κ1) is 22.2. The number of carbonyl (C=O) groups excluding carboxylic acids is 1. The van der Waals surface area contributed by atoms with E-state index in [0.717, 1.165) is 12.1 Å². The minimum Gasteiger partial charge on any atom is -0.493 e. The van der Waals surface area contributed by atoms with Crippen LogP contribution in [0.4, 0.5) is 18.9 Å². The number of anilines is 1. The molecule has 6 nitrogen and oxygen atoms in total. The predicted octanol–water partition coefficient (Wildman–Crippen LogP) is 4.71. The summed E-state index contributed by atoms with van der Waals surface area (Å²) in [5.41, 5.74) is 1.86. The number of carbonyl (C=O) groups is 1. The lowest BCUT2D eigenvalue weighted by molar-refractivity contribution is -0.137. The average Bonchev–Trinajstić information content (AvgIpc) is 3.01. The molecular weight excluding hydrogens is 411 g/mol.